The van der Waals surface area contributed by atoms with Crippen LogP contribution in [0.2, 0.25) is 0 Å². The van der Waals surface area contributed by atoms with Crippen LogP contribution in [0.1, 0.15) is 26.7 Å². The summed E-state index contributed by atoms with van der Waals surface area (Å²) in [4.78, 5) is 25.0. The minimum Gasteiger partial charge on any atom is -0.358 e. The van der Waals surface area contributed by atoms with Gasteiger partial charge in [-0.05, 0) is 25.3 Å². The van der Waals surface area contributed by atoms with E-state index in [1.807, 2.05) is 13.8 Å². The number of piperidine rings is 1. The molecule has 1 unspecified atom stereocenters. The van der Waals surface area contributed by atoms with E-state index in [4.69, 9.17) is 0 Å². The molecule has 1 fully saturated rings. The lowest BCUT2D eigenvalue weighted by Gasteiger charge is -2.32. The van der Waals surface area contributed by atoms with Gasteiger partial charge in [0, 0.05) is 26.1 Å². The van der Waals surface area contributed by atoms with Crippen LogP contribution >= 0.6 is 0 Å². The average molecular weight is 255 g/mol. The van der Waals surface area contributed by atoms with Gasteiger partial charge in [-0.25, -0.2) is 0 Å². The largest absolute Gasteiger partial charge is 0.358 e. The summed E-state index contributed by atoms with van der Waals surface area (Å²) in [7, 11) is 1.66. The summed E-state index contributed by atoms with van der Waals surface area (Å²) in [5.74, 6) is 0.668. The Labute approximate surface area is 109 Å². The van der Waals surface area contributed by atoms with E-state index in [1.54, 1.807) is 7.05 Å². The highest BCUT2D eigenvalue weighted by Crippen LogP contribution is 2.15. The molecule has 1 aliphatic heterocycles. The maximum atomic E-state index is 11.5. The van der Waals surface area contributed by atoms with Gasteiger partial charge >= 0.3 is 0 Å². The molecule has 1 saturated heterocycles. The lowest BCUT2D eigenvalue weighted by Crippen LogP contribution is -2.45. The monoisotopic (exact) mass is 255 g/mol. The predicted molar refractivity (Wildman–Crippen MR) is 71.1 cm³/mol. The summed E-state index contributed by atoms with van der Waals surface area (Å²) < 4.78 is 0. The maximum absolute atomic E-state index is 11.5. The molecule has 0 aromatic heterocycles. The Morgan fingerprint density at radius 1 is 1.39 bits per heavy atom. The number of amides is 2. The molecular weight excluding hydrogens is 230 g/mol. The Morgan fingerprint density at radius 3 is 2.72 bits per heavy atom. The Hall–Kier alpha value is -1.10. The van der Waals surface area contributed by atoms with Gasteiger partial charge in [-0.1, -0.05) is 13.8 Å². The maximum Gasteiger partial charge on any atom is 0.233 e. The molecule has 1 rings (SSSR count). The van der Waals surface area contributed by atoms with Gasteiger partial charge < -0.3 is 10.6 Å². The van der Waals surface area contributed by atoms with E-state index in [1.165, 1.54) is 0 Å². The molecule has 5 nitrogen and oxygen atoms in total. The Balaban J connectivity index is 2.30. The fraction of sp³-hybridized carbons (Fsp3) is 0.846. The molecular formula is C13H25N3O2. The van der Waals surface area contributed by atoms with E-state index in [2.05, 4.69) is 15.5 Å². The van der Waals surface area contributed by atoms with Crippen LogP contribution in [0.5, 0.6) is 0 Å². The highest BCUT2D eigenvalue weighted by Gasteiger charge is 2.21. The van der Waals surface area contributed by atoms with Crippen LogP contribution in [0.15, 0.2) is 0 Å². The average Bonchev–Trinajstić information content (AvgIpc) is 2.36. The third-order valence-corrected chi connectivity index (χ3v) is 3.34. The molecule has 0 aromatic rings. The number of hydrogen-bond acceptors (Lipinski definition) is 3. The quantitative estimate of drug-likeness (QED) is 0.738. The highest BCUT2D eigenvalue weighted by atomic mass is 16.2. The molecule has 5 heteroatoms. The second-order valence-electron chi connectivity index (χ2n) is 5.32. The summed E-state index contributed by atoms with van der Waals surface area (Å²) >= 11 is 0. The van der Waals surface area contributed by atoms with Gasteiger partial charge in [0.1, 0.15) is 0 Å². The van der Waals surface area contributed by atoms with Gasteiger partial charge in [-0.15, -0.1) is 0 Å². The minimum absolute atomic E-state index is 0.0376. The van der Waals surface area contributed by atoms with Crippen molar-refractivity contribution in [3.8, 4) is 0 Å². The van der Waals surface area contributed by atoms with Gasteiger partial charge in [0.15, 0.2) is 0 Å². The van der Waals surface area contributed by atoms with Crippen molar-refractivity contribution in [2.45, 2.75) is 26.7 Å². The number of nitrogens with zero attached hydrogens (tertiary/aromatic N) is 1. The van der Waals surface area contributed by atoms with Gasteiger partial charge in [0.05, 0.1) is 6.54 Å². The van der Waals surface area contributed by atoms with Crippen LogP contribution in [-0.4, -0.2) is 49.9 Å². The number of rotatable bonds is 5. The number of carbonyl (C=O) groups excluding carboxylic acids is 2. The van der Waals surface area contributed by atoms with E-state index < -0.39 is 0 Å². The Morgan fingerprint density at radius 2 is 2.11 bits per heavy atom. The van der Waals surface area contributed by atoms with E-state index in [-0.39, 0.29) is 17.7 Å². The van der Waals surface area contributed by atoms with Crippen LogP contribution < -0.4 is 10.6 Å². The zero-order valence-corrected chi connectivity index (χ0v) is 11.7. The zero-order chi connectivity index (χ0) is 13.5. The predicted octanol–water partition coefficient (Wildman–Crippen LogP) is 0.217. The van der Waals surface area contributed by atoms with E-state index in [0.29, 0.717) is 12.5 Å². The van der Waals surface area contributed by atoms with Gasteiger partial charge in [0.25, 0.3) is 0 Å². The topological polar surface area (TPSA) is 61.4 Å². The van der Waals surface area contributed by atoms with Crippen LogP contribution in [0, 0.1) is 11.8 Å². The minimum atomic E-state index is 0.0376. The van der Waals surface area contributed by atoms with Crippen molar-refractivity contribution in [1.82, 2.24) is 15.5 Å². The Kier molecular flexibility index (Phi) is 6.12. The first-order chi connectivity index (χ1) is 8.52. The van der Waals surface area contributed by atoms with Crippen LogP contribution in [0.4, 0.5) is 0 Å². The molecule has 0 aliphatic carbocycles. The van der Waals surface area contributed by atoms with Crippen molar-refractivity contribution in [3.05, 3.63) is 0 Å². The molecule has 2 amide bonds. The second-order valence-corrected chi connectivity index (χ2v) is 5.32. The smallest absolute Gasteiger partial charge is 0.233 e. The van der Waals surface area contributed by atoms with Crippen molar-refractivity contribution in [2.75, 3.05) is 33.2 Å². The Bertz CT molecular complexity index is 292. The second kappa shape index (κ2) is 7.36. The molecule has 1 atom stereocenters. The number of carbonyl (C=O) groups is 2. The summed E-state index contributed by atoms with van der Waals surface area (Å²) in [5, 5.41) is 5.62. The fourth-order valence-electron chi connectivity index (χ4n) is 2.19. The first-order valence-electron chi connectivity index (χ1n) is 6.73. The summed E-state index contributed by atoms with van der Waals surface area (Å²) in [6.07, 6.45) is 2.22. The molecule has 0 bridgehead atoms. The van der Waals surface area contributed by atoms with E-state index in [0.717, 1.165) is 32.5 Å². The number of likely N-dealkylation sites (N-methyl/N-ethyl adjacent to an activating group) is 1. The molecule has 0 aromatic carbocycles. The fourth-order valence-corrected chi connectivity index (χ4v) is 2.19. The summed E-state index contributed by atoms with van der Waals surface area (Å²) in [6, 6.07) is 0. The normalized spacial score (nSPS) is 20.8. The number of hydrogen-bond donors (Lipinski definition) is 2. The van der Waals surface area contributed by atoms with Crippen LogP contribution in [-0.2, 0) is 9.59 Å². The third kappa shape index (κ3) is 5.04. The van der Waals surface area contributed by atoms with Crippen molar-refractivity contribution in [2.24, 2.45) is 11.8 Å². The van der Waals surface area contributed by atoms with Crippen molar-refractivity contribution in [1.29, 1.82) is 0 Å². The molecule has 2 N–H and O–H groups in total. The highest BCUT2D eigenvalue weighted by molar-refractivity contribution is 5.78. The molecule has 104 valence electrons. The molecule has 0 saturated carbocycles. The standard InChI is InChI=1S/C13H25N3O2/c1-10(2)13(18)15-7-11-5-4-6-16(8-11)9-12(17)14-3/h10-11H,4-9H2,1-3H3,(H,14,17)(H,15,18). The van der Waals surface area contributed by atoms with Gasteiger partial charge in [-0.3, -0.25) is 14.5 Å². The zero-order valence-electron chi connectivity index (χ0n) is 11.7. The lowest BCUT2D eigenvalue weighted by molar-refractivity contribution is -0.125. The van der Waals surface area contributed by atoms with Gasteiger partial charge in [-0.2, -0.15) is 0 Å². The van der Waals surface area contributed by atoms with E-state index in [9.17, 15) is 9.59 Å². The summed E-state index contributed by atoms with van der Waals surface area (Å²) in [5.41, 5.74) is 0. The van der Waals surface area contributed by atoms with Crippen molar-refractivity contribution in [3.63, 3.8) is 0 Å². The molecule has 1 heterocycles. The number of nitrogens with one attached hydrogen (secondary N) is 2. The molecule has 18 heavy (non-hydrogen) atoms. The molecule has 0 radical (unpaired) electrons. The number of likely N-dealkylation sites (tertiary alicyclic amines) is 1. The van der Waals surface area contributed by atoms with Crippen LogP contribution in [0.3, 0.4) is 0 Å². The van der Waals surface area contributed by atoms with Gasteiger partial charge in [0.2, 0.25) is 11.8 Å². The molecule has 0 spiro atoms. The first-order valence-corrected chi connectivity index (χ1v) is 6.73. The summed E-state index contributed by atoms with van der Waals surface area (Å²) in [6.45, 7) is 6.85. The van der Waals surface area contributed by atoms with Crippen molar-refractivity contribution >= 4 is 11.8 Å². The van der Waals surface area contributed by atoms with E-state index >= 15 is 0 Å². The third-order valence-electron chi connectivity index (χ3n) is 3.34. The first kappa shape index (κ1) is 15.0. The SMILES string of the molecule is CNC(=O)CN1CCCC(CNC(=O)C(C)C)C1. The van der Waals surface area contributed by atoms with Crippen LogP contribution in [0.25, 0.3) is 0 Å². The molecule has 1 aliphatic rings. The lowest BCUT2D eigenvalue weighted by atomic mass is 9.97. The van der Waals surface area contributed by atoms with Crippen molar-refractivity contribution < 1.29 is 9.59 Å².